The van der Waals surface area contributed by atoms with Crippen molar-refractivity contribution in [2.24, 2.45) is 10.7 Å². The molecular weight excluding hydrogens is 119 g/mol. The monoisotopic (exact) mass is 128 g/mol. The molecule has 3 N–H and O–H groups in total. The van der Waals surface area contributed by atoms with E-state index in [0.717, 1.165) is 6.34 Å². The molecule has 0 fully saturated rings. The molecule has 0 unspecified atom stereocenters. The summed E-state index contributed by atoms with van der Waals surface area (Å²) < 4.78 is 4.59. The molecule has 0 radical (unpaired) electrons. The van der Waals surface area contributed by atoms with Crippen molar-refractivity contribution in [3.05, 3.63) is 12.0 Å². The van der Waals surface area contributed by atoms with Gasteiger partial charge in [-0.05, 0) is 6.92 Å². The Labute approximate surface area is 54.3 Å². The smallest absolute Gasteiger partial charge is 0.503 e. The van der Waals surface area contributed by atoms with Crippen molar-refractivity contribution in [3.8, 4) is 0 Å². The molecule has 0 aromatic rings. The van der Waals surface area contributed by atoms with Gasteiger partial charge >= 0.3 is 7.69 Å². The van der Waals surface area contributed by atoms with E-state index >= 15 is 0 Å². The van der Waals surface area contributed by atoms with Crippen molar-refractivity contribution < 1.29 is 9.68 Å². The van der Waals surface area contributed by atoms with Crippen molar-refractivity contribution >= 4 is 14.0 Å². The predicted molar refractivity (Wildman–Crippen MR) is 36.9 cm³/mol. The molecule has 0 aliphatic carbocycles. The lowest BCUT2D eigenvalue weighted by molar-refractivity contribution is 0.370. The topological polar surface area (TPSA) is 67.8 Å². The van der Waals surface area contributed by atoms with E-state index in [4.69, 9.17) is 10.8 Å². The van der Waals surface area contributed by atoms with Crippen LogP contribution in [-0.4, -0.2) is 19.0 Å². The van der Waals surface area contributed by atoms with Crippen LogP contribution in [0.3, 0.4) is 0 Å². The van der Waals surface area contributed by atoms with E-state index in [-0.39, 0.29) is 7.69 Å². The minimum absolute atomic E-state index is 0.331. The molecule has 9 heavy (non-hydrogen) atoms. The van der Waals surface area contributed by atoms with E-state index in [9.17, 15) is 0 Å². The summed E-state index contributed by atoms with van der Waals surface area (Å²) in [6.07, 6.45) is 2.56. The van der Waals surface area contributed by atoms with Crippen molar-refractivity contribution in [3.63, 3.8) is 0 Å². The number of hydrogen-bond acceptors (Lipinski definition) is 3. The molecule has 0 spiro atoms. The molecule has 5 heteroatoms. The Hall–Kier alpha value is -0.965. The predicted octanol–water partition coefficient (Wildman–Crippen LogP) is -0.890. The number of rotatable bonds is 3. The van der Waals surface area contributed by atoms with Gasteiger partial charge in [0.25, 0.3) is 0 Å². The highest BCUT2D eigenvalue weighted by atomic mass is 16.5. The van der Waals surface area contributed by atoms with Crippen molar-refractivity contribution in [1.29, 1.82) is 0 Å². The first-order chi connectivity index (χ1) is 4.31. The molecule has 0 amide bonds. The summed E-state index contributed by atoms with van der Waals surface area (Å²) in [5.41, 5.74) is 4.92. The minimum Gasteiger partial charge on any atom is -0.541 e. The molecule has 0 aromatic heterocycles. The number of hydrogen-bond donors (Lipinski definition) is 2. The zero-order chi connectivity index (χ0) is 7.11. The minimum atomic E-state index is -0.331. The van der Waals surface area contributed by atoms with Crippen LogP contribution in [0.25, 0.3) is 0 Å². The van der Waals surface area contributed by atoms with Gasteiger partial charge in [0.2, 0.25) is 0 Å². The SMILES string of the molecule is C/C(=C\N=C\N)OBO. The van der Waals surface area contributed by atoms with Crippen LogP contribution in [0.4, 0.5) is 0 Å². The van der Waals surface area contributed by atoms with E-state index in [1.54, 1.807) is 6.92 Å². The highest BCUT2D eigenvalue weighted by Crippen LogP contribution is 1.91. The molecule has 0 bridgehead atoms. The molecule has 0 saturated heterocycles. The van der Waals surface area contributed by atoms with Crippen LogP contribution in [0, 0.1) is 0 Å². The lowest BCUT2D eigenvalue weighted by Gasteiger charge is -1.96. The largest absolute Gasteiger partial charge is 0.541 e. The third-order valence-electron chi connectivity index (χ3n) is 0.635. The van der Waals surface area contributed by atoms with E-state index in [2.05, 4.69) is 9.65 Å². The number of nitrogens with zero attached hydrogens (tertiary/aromatic N) is 1. The maximum Gasteiger partial charge on any atom is 0.503 e. The summed E-state index contributed by atoms with van der Waals surface area (Å²) in [6.45, 7) is 1.67. The zero-order valence-corrected chi connectivity index (χ0v) is 5.24. The van der Waals surface area contributed by atoms with Gasteiger partial charge in [0.15, 0.2) is 0 Å². The lowest BCUT2D eigenvalue weighted by atomic mass is 10.4. The standard InChI is InChI=1S/C4H9BN2O2/c1-4(9-5-8)2-7-3-6/h2-3,5,8H,1H3,(H2,6,7)/b4-2+. The number of nitrogens with two attached hydrogens (primary N) is 1. The second-order valence-electron chi connectivity index (χ2n) is 1.31. The lowest BCUT2D eigenvalue weighted by Crippen LogP contribution is -1.94. The average molecular weight is 128 g/mol. The van der Waals surface area contributed by atoms with Crippen LogP contribution in [-0.2, 0) is 4.65 Å². The van der Waals surface area contributed by atoms with Crippen molar-refractivity contribution in [2.75, 3.05) is 0 Å². The highest BCUT2D eigenvalue weighted by Gasteiger charge is 1.85. The Morgan fingerprint density at radius 1 is 1.89 bits per heavy atom. The quantitative estimate of drug-likeness (QED) is 0.224. The van der Waals surface area contributed by atoms with Gasteiger partial charge in [-0.25, -0.2) is 4.99 Å². The first-order valence-corrected chi connectivity index (χ1v) is 2.45. The molecule has 0 heterocycles. The molecule has 0 rings (SSSR count). The molecule has 0 atom stereocenters. The van der Waals surface area contributed by atoms with Gasteiger partial charge in [-0.15, -0.1) is 0 Å². The molecule has 0 aromatic carbocycles. The average Bonchev–Trinajstić information content (AvgIpc) is 1.85. The first kappa shape index (κ1) is 8.03. The van der Waals surface area contributed by atoms with Gasteiger partial charge in [-0.2, -0.15) is 0 Å². The molecule has 0 aliphatic rings. The Bertz CT molecular complexity index is 124. The molecule has 0 aliphatic heterocycles. The highest BCUT2D eigenvalue weighted by molar-refractivity contribution is 6.16. The van der Waals surface area contributed by atoms with Crippen LogP contribution in [0.15, 0.2) is 17.0 Å². The summed E-state index contributed by atoms with van der Waals surface area (Å²) >= 11 is 0. The van der Waals surface area contributed by atoms with Crippen LogP contribution in [0.5, 0.6) is 0 Å². The Morgan fingerprint density at radius 2 is 2.56 bits per heavy atom. The fourth-order valence-corrected chi connectivity index (χ4v) is 0.287. The summed E-state index contributed by atoms with van der Waals surface area (Å²) in [6, 6.07) is 0. The van der Waals surface area contributed by atoms with Gasteiger partial charge in [0.05, 0.1) is 18.3 Å². The van der Waals surface area contributed by atoms with Crippen LogP contribution < -0.4 is 5.73 Å². The van der Waals surface area contributed by atoms with E-state index < -0.39 is 0 Å². The van der Waals surface area contributed by atoms with Gasteiger partial charge in [-0.3, -0.25) is 0 Å². The Morgan fingerprint density at radius 3 is 3.00 bits per heavy atom. The number of aliphatic imine (C=N–C) groups is 1. The zero-order valence-electron chi connectivity index (χ0n) is 5.24. The fraction of sp³-hybridized carbons (Fsp3) is 0.250. The van der Waals surface area contributed by atoms with Crippen LogP contribution in [0.2, 0.25) is 0 Å². The maximum absolute atomic E-state index is 8.19. The fourth-order valence-electron chi connectivity index (χ4n) is 0.287. The Kier molecular flexibility index (Phi) is 4.62. The van der Waals surface area contributed by atoms with Crippen LogP contribution in [0.1, 0.15) is 6.92 Å². The number of allylic oxidation sites excluding steroid dienone is 1. The maximum atomic E-state index is 8.19. The van der Waals surface area contributed by atoms with Gasteiger partial charge in [-0.1, -0.05) is 0 Å². The van der Waals surface area contributed by atoms with Crippen molar-refractivity contribution in [2.45, 2.75) is 6.92 Å². The van der Waals surface area contributed by atoms with Crippen molar-refractivity contribution in [1.82, 2.24) is 0 Å². The summed E-state index contributed by atoms with van der Waals surface area (Å²) in [7, 11) is -0.331. The summed E-state index contributed by atoms with van der Waals surface area (Å²) in [5, 5.41) is 8.19. The second kappa shape index (κ2) is 5.18. The van der Waals surface area contributed by atoms with E-state index in [1.807, 2.05) is 0 Å². The molecule has 4 nitrogen and oxygen atoms in total. The van der Waals surface area contributed by atoms with E-state index in [1.165, 1.54) is 6.20 Å². The Balaban J connectivity index is 3.55. The van der Waals surface area contributed by atoms with E-state index in [0.29, 0.717) is 5.76 Å². The third-order valence-corrected chi connectivity index (χ3v) is 0.635. The van der Waals surface area contributed by atoms with Gasteiger partial charge < -0.3 is 15.4 Å². The normalized spacial score (nSPS) is 12.0. The second-order valence-corrected chi connectivity index (χ2v) is 1.31. The first-order valence-electron chi connectivity index (χ1n) is 2.45. The van der Waals surface area contributed by atoms with Gasteiger partial charge in [0, 0.05) is 0 Å². The molecular formula is C4H9BN2O2. The summed E-state index contributed by atoms with van der Waals surface area (Å²) in [5.74, 6) is 0.527. The summed E-state index contributed by atoms with van der Waals surface area (Å²) in [4.78, 5) is 3.54. The van der Waals surface area contributed by atoms with Crippen LogP contribution >= 0.6 is 0 Å². The van der Waals surface area contributed by atoms with Gasteiger partial charge in [0.1, 0.15) is 0 Å². The third kappa shape index (κ3) is 4.90. The molecule has 50 valence electrons. The molecule has 0 saturated carbocycles.